The van der Waals surface area contributed by atoms with E-state index < -0.39 is 10.0 Å². The van der Waals surface area contributed by atoms with E-state index in [2.05, 4.69) is 4.72 Å². The number of hydrogen-bond acceptors (Lipinski definition) is 4. The topological polar surface area (TPSA) is 92.4 Å². The number of rotatable bonds is 3. The lowest BCUT2D eigenvalue weighted by Gasteiger charge is -2.10. The summed E-state index contributed by atoms with van der Waals surface area (Å²) in [6.07, 6.45) is 0. The summed E-state index contributed by atoms with van der Waals surface area (Å²) in [5.74, 6) is -0.170. The number of anilines is 2. The highest BCUT2D eigenvalue weighted by Gasteiger charge is 2.16. The highest BCUT2D eigenvalue weighted by molar-refractivity contribution is 7.92. The number of hydrogen-bond donors (Lipinski definition) is 3. The molecule has 2 aromatic rings. The molecular weight excluding hydrogens is 288 g/mol. The zero-order valence-electron chi connectivity index (χ0n) is 9.67. The first-order valence-electron chi connectivity index (χ1n) is 5.26. The van der Waals surface area contributed by atoms with Gasteiger partial charge in [-0.1, -0.05) is 23.7 Å². The van der Waals surface area contributed by atoms with E-state index in [0.29, 0.717) is 0 Å². The lowest BCUT2D eigenvalue weighted by molar-refractivity contribution is 0.477. The fourth-order valence-electron chi connectivity index (χ4n) is 1.45. The Morgan fingerprint density at radius 1 is 1.16 bits per heavy atom. The van der Waals surface area contributed by atoms with Crippen LogP contribution in [0.2, 0.25) is 5.02 Å². The summed E-state index contributed by atoms with van der Waals surface area (Å²) in [5.41, 5.74) is 5.73. The number of phenols is 1. The van der Waals surface area contributed by atoms with Crippen LogP contribution in [0.1, 0.15) is 0 Å². The molecule has 0 saturated carbocycles. The molecule has 0 fully saturated rings. The molecule has 0 bridgehead atoms. The van der Waals surface area contributed by atoms with Crippen molar-refractivity contribution in [1.82, 2.24) is 0 Å². The summed E-state index contributed by atoms with van der Waals surface area (Å²) < 4.78 is 26.6. The van der Waals surface area contributed by atoms with Gasteiger partial charge in [0.15, 0.2) is 0 Å². The number of nitrogen functional groups attached to an aromatic ring is 1. The second-order valence-electron chi connectivity index (χ2n) is 3.81. The minimum absolute atomic E-state index is 0.0120. The van der Waals surface area contributed by atoms with Crippen molar-refractivity contribution in [2.24, 2.45) is 0 Å². The molecule has 0 heterocycles. The lowest BCUT2D eigenvalue weighted by Crippen LogP contribution is -2.13. The van der Waals surface area contributed by atoms with Crippen LogP contribution >= 0.6 is 11.6 Å². The third-order valence-electron chi connectivity index (χ3n) is 2.43. The zero-order chi connectivity index (χ0) is 14.0. The second-order valence-corrected chi connectivity index (χ2v) is 5.90. The number of nitrogens with two attached hydrogens (primary N) is 1. The average molecular weight is 299 g/mol. The van der Waals surface area contributed by atoms with Gasteiger partial charge in [-0.25, -0.2) is 8.42 Å². The van der Waals surface area contributed by atoms with E-state index in [1.807, 2.05) is 0 Å². The van der Waals surface area contributed by atoms with Gasteiger partial charge in [-0.15, -0.1) is 0 Å². The molecule has 0 aliphatic carbocycles. The Labute approximate surface area is 115 Å². The van der Waals surface area contributed by atoms with Crippen molar-refractivity contribution >= 4 is 33.0 Å². The number of nitrogens with one attached hydrogen (secondary N) is 1. The molecular formula is C12H11ClN2O3S. The number of benzene rings is 2. The van der Waals surface area contributed by atoms with Crippen molar-refractivity contribution in [2.45, 2.75) is 4.90 Å². The van der Waals surface area contributed by atoms with Crippen LogP contribution < -0.4 is 10.5 Å². The third-order valence-corrected chi connectivity index (χ3v) is 4.12. The Morgan fingerprint density at radius 2 is 1.84 bits per heavy atom. The molecule has 19 heavy (non-hydrogen) atoms. The number of halogens is 1. The minimum atomic E-state index is -3.80. The Hall–Kier alpha value is -1.92. The van der Waals surface area contributed by atoms with Gasteiger partial charge in [-0.2, -0.15) is 0 Å². The van der Waals surface area contributed by atoms with Gasteiger partial charge in [-0.05, 0) is 30.3 Å². The van der Waals surface area contributed by atoms with Crippen molar-refractivity contribution < 1.29 is 13.5 Å². The molecule has 0 saturated heterocycles. The fraction of sp³-hybridized carbons (Fsp3) is 0. The quantitative estimate of drug-likeness (QED) is 0.599. The van der Waals surface area contributed by atoms with Crippen LogP contribution in [0.3, 0.4) is 0 Å². The van der Waals surface area contributed by atoms with Crippen LogP contribution in [-0.2, 0) is 10.0 Å². The number of aromatic hydroxyl groups is 1. The predicted octanol–water partition coefficient (Wildman–Crippen LogP) is 2.43. The van der Waals surface area contributed by atoms with Gasteiger partial charge >= 0.3 is 0 Å². The monoisotopic (exact) mass is 298 g/mol. The Bertz CT molecular complexity index is 717. The van der Waals surface area contributed by atoms with Crippen molar-refractivity contribution in [3.63, 3.8) is 0 Å². The van der Waals surface area contributed by atoms with Crippen molar-refractivity contribution in [3.05, 3.63) is 47.5 Å². The summed E-state index contributed by atoms with van der Waals surface area (Å²) in [7, 11) is -3.80. The molecule has 0 spiro atoms. The standard InChI is InChI=1S/C12H11ClN2O3S/c13-9-3-1-2-4-11(9)15-19(17,18)8-5-6-12(16)10(14)7-8/h1-7,15-16H,14H2. The van der Waals surface area contributed by atoms with Crippen LogP contribution in [-0.4, -0.2) is 13.5 Å². The molecule has 4 N–H and O–H groups in total. The summed E-state index contributed by atoms with van der Waals surface area (Å²) in [4.78, 5) is -0.0530. The van der Waals surface area contributed by atoms with Crippen LogP contribution in [0.15, 0.2) is 47.4 Å². The van der Waals surface area contributed by atoms with E-state index in [-0.39, 0.29) is 27.0 Å². The number of sulfonamides is 1. The first-order valence-corrected chi connectivity index (χ1v) is 7.12. The maximum absolute atomic E-state index is 12.1. The highest BCUT2D eigenvalue weighted by atomic mass is 35.5. The third kappa shape index (κ3) is 2.91. The molecule has 0 aliphatic rings. The van der Waals surface area contributed by atoms with Crippen LogP contribution in [0, 0.1) is 0 Å². The van der Waals surface area contributed by atoms with E-state index >= 15 is 0 Å². The molecule has 5 nitrogen and oxygen atoms in total. The molecule has 2 aromatic carbocycles. The zero-order valence-corrected chi connectivity index (χ0v) is 11.2. The van der Waals surface area contributed by atoms with Gasteiger partial charge in [0.25, 0.3) is 10.0 Å². The van der Waals surface area contributed by atoms with Crippen molar-refractivity contribution in [3.8, 4) is 5.75 Å². The Morgan fingerprint density at radius 3 is 2.47 bits per heavy atom. The van der Waals surface area contributed by atoms with Crippen LogP contribution in [0.5, 0.6) is 5.75 Å². The lowest BCUT2D eigenvalue weighted by atomic mass is 10.3. The SMILES string of the molecule is Nc1cc(S(=O)(=O)Nc2ccccc2Cl)ccc1O. The van der Waals surface area contributed by atoms with Gasteiger partial charge < -0.3 is 10.8 Å². The van der Waals surface area contributed by atoms with E-state index in [1.165, 1.54) is 18.2 Å². The second kappa shape index (κ2) is 4.99. The van der Waals surface area contributed by atoms with E-state index in [1.54, 1.807) is 24.3 Å². The molecule has 100 valence electrons. The molecule has 0 aromatic heterocycles. The van der Waals surface area contributed by atoms with Gasteiger partial charge in [0.1, 0.15) is 5.75 Å². The average Bonchev–Trinajstić information content (AvgIpc) is 2.35. The van der Waals surface area contributed by atoms with Crippen molar-refractivity contribution in [1.29, 1.82) is 0 Å². The molecule has 0 atom stereocenters. The van der Waals surface area contributed by atoms with E-state index in [0.717, 1.165) is 0 Å². The van der Waals surface area contributed by atoms with Gasteiger partial charge in [-0.3, -0.25) is 4.72 Å². The highest BCUT2D eigenvalue weighted by Crippen LogP contribution is 2.27. The smallest absolute Gasteiger partial charge is 0.262 e. The molecule has 0 radical (unpaired) electrons. The summed E-state index contributed by atoms with van der Waals surface area (Å²) >= 11 is 5.88. The Kier molecular flexibility index (Phi) is 3.55. The molecule has 2 rings (SSSR count). The maximum atomic E-state index is 12.1. The van der Waals surface area contributed by atoms with Crippen LogP contribution in [0.25, 0.3) is 0 Å². The summed E-state index contributed by atoms with van der Waals surface area (Å²) in [6.45, 7) is 0. The normalized spacial score (nSPS) is 11.2. The van der Waals surface area contributed by atoms with Gasteiger partial charge in [0.05, 0.1) is 21.3 Å². The number of phenolic OH excluding ortho intramolecular Hbond substituents is 1. The van der Waals surface area contributed by atoms with E-state index in [9.17, 15) is 13.5 Å². The maximum Gasteiger partial charge on any atom is 0.262 e. The predicted molar refractivity (Wildman–Crippen MR) is 74.8 cm³/mol. The fourth-order valence-corrected chi connectivity index (χ4v) is 2.80. The minimum Gasteiger partial charge on any atom is -0.506 e. The van der Waals surface area contributed by atoms with Gasteiger partial charge in [0, 0.05) is 0 Å². The largest absolute Gasteiger partial charge is 0.506 e. The van der Waals surface area contributed by atoms with Gasteiger partial charge in [0.2, 0.25) is 0 Å². The molecule has 0 aliphatic heterocycles. The molecule has 7 heteroatoms. The number of para-hydroxylation sites is 1. The van der Waals surface area contributed by atoms with Crippen LogP contribution in [0.4, 0.5) is 11.4 Å². The first-order chi connectivity index (χ1) is 8.90. The van der Waals surface area contributed by atoms with Crippen molar-refractivity contribution in [2.75, 3.05) is 10.5 Å². The summed E-state index contributed by atoms with van der Waals surface area (Å²) in [5, 5.41) is 9.57. The summed E-state index contributed by atoms with van der Waals surface area (Å²) in [6, 6.07) is 10.1. The molecule has 0 amide bonds. The van der Waals surface area contributed by atoms with E-state index in [4.69, 9.17) is 17.3 Å². The molecule has 0 unspecified atom stereocenters. The first kappa shape index (κ1) is 13.5. The Balaban J connectivity index is 2.38.